The van der Waals surface area contributed by atoms with Gasteiger partial charge in [-0.1, -0.05) is 12.1 Å². The van der Waals surface area contributed by atoms with Gasteiger partial charge >= 0.3 is 0 Å². The number of aromatic hydroxyl groups is 2. The molecule has 0 aliphatic rings. The summed E-state index contributed by atoms with van der Waals surface area (Å²) in [6, 6.07) is 4.89. The van der Waals surface area contributed by atoms with Gasteiger partial charge in [0, 0.05) is 5.54 Å². The van der Waals surface area contributed by atoms with Crippen molar-refractivity contribution in [1.82, 2.24) is 0 Å². The summed E-state index contributed by atoms with van der Waals surface area (Å²) in [6.07, 6.45) is 0.535. The van der Waals surface area contributed by atoms with E-state index in [0.717, 1.165) is 0 Å². The van der Waals surface area contributed by atoms with Crippen LogP contribution < -0.4 is 5.73 Å². The molecule has 4 N–H and O–H groups in total. The largest absolute Gasteiger partial charge is 0.504 e. The van der Waals surface area contributed by atoms with Crippen LogP contribution >= 0.6 is 0 Å². The normalized spacial score (nSPS) is 11.6. The molecule has 0 spiro atoms. The minimum Gasteiger partial charge on any atom is -0.504 e. The SMILES string of the molecule is CC(C)(N)Cc1cccc(O)c1O. The minimum absolute atomic E-state index is 0.0685. The molecule has 0 aliphatic heterocycles. The molecule has 0 fully saturated rings. The van der Waals surface area contributed by atoms with Crippen molar-refractivity contribution in [2.24, 2.45) is 5.73 Å². The molecule has 3 heteroatoms. The lowest BCUT2D eigenvalue weighted by molar-refractivity contribution is 0.393. The Morgan fingerprint density at radius 2 is 1.92 bits per heavy atom. The van der Waals surface area contributed by atoms with E-state index in [9.17, 15) is 10.2 Å². The second-order valence-electron chi connectivity index (χ2n) is 3.95. The van der Waals surface area contributed by atoms with E-state index in [2.05, 4.69) is 0 Å². The first-order chi connectivity index (χ1) is 5.90. The molecule has 0 bridgehead atoms. The first kappa shape index (κ1) is 9.86. The van der Waals surface area contributed by atoms with E-state index >= 15 is 0 Å². The topological polar surface area (TPSA) is 66.5 Å². The predicted molar refractivity (Wildman–Crippen MR) is 51.7 cm³/mol. The Bertz CT molecular complexity index is 302. The molecule has 0 saturated heterocycles. The van der Waals surface area contributed by atoms with Crippen LogP contribution in [0.3, 0.4) is 0 Å². The van der Waals surface area contributed by atoms with Crippen LogP contribution in [0, 0.1) is 0 Å². The van der Waals surface area contributed by atoms with E-state index in [1.807, 2.05) is 13.8 Å². The highest BCUT2D eigenvalue weighted by atomic mass is 16.3. The number of benzene rings is 1. The molecule has 0 aromatic heterocycles. The molecule has 0 saturated carbocycles. The number of hydrogen-bond donors (Lipinski definition) is 3. The Labute approximate surface area is 77.8 Å². The Balaban J connectivity index is 2.96. The second-order valence-corrected chi connectivity index (χ2v) is 3.95. The zero-order chi connectivity index (χ0) is 10.1. The third-order valence-corrected chi connectivity index (χ3v) is 1.74. The van der Waals surface area contributed by atoms with Crippen molar-refractivity contribution >= 4 is 0 Å². The predicted octanol–water partition coefficient (Wildman–Crippen LogP) is 1.38. The molecule has 0 amide bonds. The summed E-state index contributed by atoms with van der Waals surface area (Å²) >= 11 is 0. The van der Waals surface area contributed by atoms with Gasteiger partial charge < -0.3 is 15.9 Å². The quantitative estimate of drug-likeness (QED) is 0.604. The average molecular weight is 181 g/mol. The first-order valence-corrected chi connectivity index (χ1v) is 4.19. The highest BCUT2D eigenvalue weighted by molar-refractivity contribution is 5.44. The van der Waals surface area contributed by atoms with Crippen molar-refractivity contribution < 1.29 is 10.2 Å². The smallest absolute Gasteiger partial charge is 0.160 e. The lowest BCUT2D eigenvalue weighted by Gasteiger charge is -2.19. The molecule has 1 aromatic rings. The lowest BCUT2D eigenvalue weighted by atomic mass is 9.95. The van der Waals surface area contributed by atoms with Crippen molar-refractivity contribution in [3.63, 3.8) is 0 Å². The van der Waals surface area contributed by atoms with Crippen molar-refractivity contribution in [3.05, 3.63) is 23.8 Å². The molecule has 0 unspecified atom stereocenters. The van der Waals surface area contributed by atoms with Gasteiger partial charge in [-0.15, -0.1) is 0 Å². The van der Waals surface area contributed by atoms with Crippen LogP contribution in [0.4, 0.5) is 0 Å². The van der Waals surface area contributed by atoms with Crippen LogP contribution in [0.25, 0.3) is 0 Å². The highest BCUT2D eigenvalue weighted by Gasteiger charge is 2.15. The van der Waals surface area contributed by atoms with Crippen LogP contribution in [0.1, 0.15) is 19.4 Å². The lowest BCUT2D eigenvalue weighted by Crippen LogP contribution is -2.34. The van der Waals surface area contributed by atoms with Crippen LogP contribution in [0.15, 0.2) is 18.2 Å². The Kier molecular flexibility index (Phi) is 2.48. The molecule has 1 rings (SSSR count). The number of para-hydroxylation sites is 1. The molecule has 1 aromatic carbocycles. The van der Waals surface area contributed by atoms with E-state index in [1.165, 1.54) is 6.07 Å². The van der Waals surface area contributed by atoms with Crippen molar-refractivity contribution in [1.29, 1.82) is 0 Å². The van der Waals surface area contributed by atoms with E-state index in [0.29, 0.717) is 12.0 Å². The standard InChI is InChI=1S/C10H15NO2/c1-10(2,11)6-7-4-3-5-8(12)9(7)13/h3-5,12-13H,6,11H2,1-2H3. The first-order valence-electron chi connectivity index (χ1n) is 4.19. The number of rotatable bonds is 2. The van der Waals surface area contributed by atoms with Gasteiger partial charge in [0.15, 0.2) is 11.5 Å². The number of nitrogens with two attached hydrogens (primary N) is 1. The number of phenolic OH excluding ortho intramolecular Hbond substituents is 2. The molecular weight excluding hydrogens is 166 g/mol. The van der Waals surface area contributed by atoms with Crippen molar-refractivity contribution in [2.45, 2.75) is 25.8 Å². The summed E-state index contributed by atoms with van der Waals surface area (Å²) in [4.78, 5) is 0. The maximum absolute atomic E-state index is 9.46. The number of hydrogen-bond acceptors (Lipinski definition) is 3. The summed E-state index contributed by atoms with van der Waals surface area (Å²) in [6.45, 7) is 3.74. The summed E-state index contributed by atoms with van der Waals surface area (Å²) in [5.41, 5.74) is 6.08. The molecule has 13 heavy (non-hydrogen) atoms. The van der Waals surface area contributed by atoms with Crippen LogP contribution in [-0.4, -0.2) is 15.8 Å². The zero-order valence-electron chi connectivity index (χ0n) is 7.91. The van der Waals surface area contributed by atoms with Crippen LogP contribution in [-0.2, 0) is 6.42 Å². The average Bonchev–Trinajstić information content (AvgIpc) is 1.96. The van der Waals surface area contributed by atoms with E-state index < -0.39 is 0 Å². The van der Waals surface area contributed by atoms with Gasteiger partial charge in [-0.25, -0.2) is 0 Å². The Morgan fingerprint density at radius 1 is 1.31 bits per heavy atom. The fraction of sp³-hybridized carbons (Fsp3) is 0.400. The van der Waals surface area contributed by atoms with Gasteiger partial charge in [0.25, 0.3) is 0 Å². The Hall–Kier alpha value is -1.22. The monoisotopic (exact) mass is 181 g/mol. The summed E-state index contributed by atoms with van der Waals surface area (Å²) in [7, 11) is 0. The van der Waals surface area contributed by atoms with Gasteiger partial charge in [0.05, 0.1) is 0 Å². The van der Waals surface area contributed by atoms with E-state index in [1.54, 1.807) is 12.1 Å². The van der Waals surface area contributed by atoms with Crippen LogP contribution in [0.5, 0.6) is 11.5 Å². The molecule has 0 radical (unpaired) electrons. The summed E-state index contributed by atoms with van der Waals surface area (Å²) < 4.78 is 0. The molecule has 3 nitrogen and oxygen atoms in total. The molecule has 72 valence electrons. The van der Waals surface area contributed by atoms with Gasteiger partial charge in [-0.2, -0.15) is 0 Å². The van der Waals surface area contributed by atoms with Crippen LogP contribution in [0.2, 0.25) is 0 Å². The van der Waals surface area contributed by atoms with Gasteiger partial charge in [-0.3, -0.25) is 0 Å². The molecule has 0 aliphatic carbocycles. The van der Waals surface area contributed by atoms with Gasteiger partial charge in [0.2, 0.25) is 0 Å². The summed E-state index contributed by atoms with van der Waals surface area (Å²) in [5, 5.41) is 18.7. The van der Waals surface area contributed by atoms with Gasteiger partial charge in [-0.05, 0) is 31.9 Å². The minimum atomic E-state index is -0.384. The highest BCUT2D eigenvalue weighted by Crippen LogP contribution is 2.29. The number of phenols is 2. The molecule has 0 heterocycles. The second kappa shape index (κ2) is 3.26. The maximum atomic E-state index is 9.46. The third kappa shape index (κ3) is 2.63. The van der Waals surface area contributed by atoms with Crippen molar-refractivity contribution in [3.8, 4) is 11.5 Å². The molecular formula is C10H15NO2. The zero-order valence-corrected chi connectivity index (χ0v) is 7.91. The fourth-order valence-corrected chi connectivity index (χ4v) is 1.21. The van der Waals surface area contributed by atoms with E-state index in [4.69, 9.17) is 5.73 Å². The molecule has 0 atom stereocenters. The third-order valence-electron chi connectivity index (χ3n) is 1.74. The van der Waals surface area contributed by atoms with Crippen molar-refractivity contribution in [2.75, 3.05) is 0 Å². The fourth-order valence-electron chi connectivity index (χ4n) is 1.21. The van der Waals surface area contributed by atoms with Gasteiger partial charge in [0.1, 0.15) is 0 Å². The maximum Gasteiger partial charge on any atom is 0.160 e. The summed E-state index contributed by atoms with van der Waals surface area (Å²) in [5.74, 6) is -0.164. The Morgan fingerprint density at radius 3 is 2.46 bits per heavy atom. The van der Waals surface area contributed by atoms with E-state index in [-0.39, 0.29) is 17.0 Å².